The molecule has 0 aliphatic carbocycles. The van der Waals surface area contributed by atoms with Gasteiger partial charge in [-0.1, -0.05) is 26.8 Å². The zero-order valence-corrected chi connectivity index (χ0v) is 8.33. The molecule has 0 saturated heterocycles. The zero-order chi connectivity index (χ0) is 9.47. The fourth-order valence-electron chi connectivity index (χ4n) is 1.58. The van der Waals surface area contributed by atoms with Crippen LogP contribution < -0.4 is 10.6 Å². The normalized spacial score (nSPS) is 14.7. The lowest BCUT2D eigenvalue weighted by Gasteiger charge is -2.17. The van der Waals surface area contributed by atoms with E-state index in [-0.39, 0.29) is 5.41 Å². The topological polar surface area (TPSA) is 25.2 Å². The number of fused-ring (bicyclic) bond motifs is 1. The van der Waals surface area contributed by atoms with Crippen molar-refractivity contribution in [2.45, 2.75) is 26.2 Å². The van der Waals surface area contributed by atoms with Crippen LogP contribution in [0.15, 0.2) is 17.4 Å². The van der Waals surface area contributed by atoms with E-state index in [9.17, 15) is 0 Å². The van der Waals surface area contributed by atoms with Crippen molar-refractivity contribution >= 4 is 6.08 Å². The maximum absolute atomic E-state index is 4.47. The van der Waals surface area contributed by atoms with Gasteiger partial charge in [0.15, 0.2) is 0 Å². The summed E-state index contributed by atoms with van der Waals surface area (Å²) >= 11 is 0. The number of rotatable bonds is 0. The number of pyridine rings is 1. The highest BCUT2D eigenvalue weighted by atomic mass is 14.7. The van der Waals surface area contributed by atoms with Crippen LogP contribution in [-0.4, -0.2) is 11.5 Å². The second-order valence-corrected chi connectivity index (χ2v) is 4.42. The second-order valence-electron chi connectivity index (χ2n) is 4.42. The van der Waals surface area contributed by atoms with Crippen molar-refractivity contribution in [3.63, 3.8) is 0 Å². The van der Waals surface area contributed by atoms with Crippen molar-refractivity contribution in [2.24, 2.45) is 4.99 Å². The van der Waals surface area contributed by atoms with Crippen LogP contribution in [0.3, 0.4) is 0 Å². The summed E-state index contributed by atoms with van der Waals surface area (Å²) in [6, 6.07) is 0. The van der Waals surface area contributed by atoms with E-state index in [0.717, 1.165) is 11.9 Å². The summed E-state index contributed by atoms with van der Waals surface area (Å²) in [7, 11) is 0. The molecule has 1 aliphatic heterocycles. The largest absolute Gasteiger partial charge is 0.280 e. The average molecular weight is 174 g/mol. The van der Waals surface area contributed by atoms with Crippen LogP contribution in [-0.2, 0) is 5.41 Å². The molecule has 1 aromatic rings. The minimum Gasteiger partial charge on any atom is -0.280 e. The smallest absolute Gasteiger partial charge is 0.0716 e. The van der Waals surface area contributed by atoms with Crippen molar-refractivity contribution in [1.29, 1.82) is 0 Å². The van der Waals surface area contributed by atoms with Crippen LogP contribution in [0.5, 0.6) is 0 Å². The summed E-state index contributed by atoms with van der Waals surface area (Å²) in [5.41, 5.74) is 1.39. The Labute approximate surface area is 78.0 Å². The van der Waals surface area contributed by atoms with Crippen LogP contribution >= 0.6 is 0 Å². The molecule has 0 saturated carbocycles. The van der Waals surface area contributed by atoms with Crippen LogP contribution in [0.2, 0.25) is 0 Å². The Balaban J connectivity index is 2.77. The molecule has 0 radical (unpaired) electrons. The van der Waals surface area contributed by atoms with Gasteiger partial charge in [-0.2, -0.15) is 0 Å². The summed E-state index contributed by atoms with van der Waals surface area (Å²) in [6.07, 6.45) is 5.94. The minimum atomic E-state index is 0.139. The van der Waals surface area contributed by atoms with Gasteiger partial charge in [0.1, 0.15) is 0 Å². The SMILES string of the molecule is CC(C)(C)c1cncc2c1=NCC=2. The highest BCUT2D eigenvalue weighted by Gasteiger charge is 2.17. The molecule has 0 aromatic carbocycles. The summed E-state index contributed by atoms with van der Waals surface area (Å²) in [6.45, 7) is 7.39. The van der Waals surface area contributed by atoms with Gasteiger partial charge in [0.2, 0.25) is 0 Å². The second kappa shape index (κ2) is 2.66. The number of nitrogens with zero attached hydrogens (tertiary/aromatic N) is 2. The van der Waals surface area contributed by atoms with Gasteiger partial charge in [-0.05, 0) is 5.41 Å². The molecular formula is C11H14N2. The molecule has 2 nitrogen and oxygen atoms in total. The Morgan fingerprint density at radius 1 is 1.23 bits per heavy atom. The molecule has 0 atom stereocenters. The summed E-state index contributed by atoms with van der Waals surface area (Å²) in [4.78, 5) is 8.70. The maximum atomic E-state index is 4.47. The van der Waals surface area contributed by atoms with Crippen molar-refractivity contribution in [3.8, 4) is 0 Å². The van der Waals surface area contributed by atoms with Crippen molar-refractivity contribution in [1.82, 2.24) is 4.98 Å². The summed E-state index contributed by atoms with van der Waals surface area (Å²) in [5.74, 6) is 0. The molecule has 1 aromatic heterocycles. The van der Waals surface area contributed by atoms with Gasteiger partial charge in [-0.3, -0.25) is 9.98 Å². The molecule has 0 fully saturated rings. The predicted octanol–water partition coefficient (Wildman–Crippen LogP) is 0.793. The molecule has 0 unspecified atom stereocenters. The molecule has 1 aliphatic rings. The Bertz CT molecular complexity index is 438. The van der Waals surface area contributed by atoms with Gasteiger partial charge >= 0.3 is 0 Å². The van der Waals surface area contributed by atoms with Gasteiger partial charge in [0.05, 0.1) is 11.9 Å². The number of aromatic nitrogens is 1. The lowest BCUT2D eigenvalue weighted by atomic mass is 9.88. The van der Waals surface area contributed by atoms with Gasteiger partial charge in [0.25, 0.3) is 0 Å². The molecule has 0 N–H and O–H groups in total. The third-order valence-corrected chi connectivity index (χ3v) is 2.31. The first-order valence-corrected chi connectivity index (χ1v) is 4.58. The fourth-order valence-corrected chi connectivity index (χ4v) is 1.58. The van der Waals surface area contributed by atoms with E-state index in [0.29, 0.717) is 0 Å². The molecule has 0 spiro atoms. The van der Waals surface area contributed by atoms with Crippen LogP contribution in [0, 0.1) is 0 Å². The van der Waals surface area contributed by atoms with Crippen molar-refractivity contribution in [3.05, 3.63) is 28.5 Å². The highest BCUT2D eigenvalue weighted by Crippen LogP contribution is 2.16. The first-order chi connectivity index (χ1) is 6.09. The summed E-state index contributed by atoms with van der Waals surface area (Å²) in [5, 5.41) is 2.33. The Hall–Kier alpha value is -1.18. The first kappa shape index (κ1) is 8.42. The molecule has 0 amide bonds. The van der Waals surface area contributed by atoms with E-state index in [4.69, 9.17) is 0 Å². The Morgan fingerprint density at radius 3 is 2.69 bits per heavy atom. The Morgan fingerprint density at radius 2 is 2.00 bits per heavy atom. The van der Waals surface area contributed by atoms with E-state index in [1.165, 1.54) is 10.8 Å². The third-order valence-electron chi connectivity index (χ3n) is 2.31. The van der Waals surface area contributed by atoms with E-state index >= 15 is 0 Å². The van der Waals surface area contributed by atoms with Crippen molar-refractivity contribution < 1.29 is 0 Å². The predicted molar refractivity (Wildman–Crippen MR) is 53.1 cm³/mol. The zero-order valence-electron chi connectivity index (χ0n) is 8.33. The highest BCUT2D eigenvalue weighted by molar-refractivity contribution is 5.32. The minimum absolute atomic E-state index is 0.139. The van der Waals surface area contributed by atoms with Gasteiger partial charge < -0.3 is 0 Å². The lowest BCUT2D eigenvalue weighted by molar-refractivity contribution is 0.579. The molecule has 2 rings (SSSR count). The van der Waals surface area contributed by atoms with E-state index in [1.54, 1.807) is 0 Å². The van der Waals surface area contributed by atoms with E-state index in [2.05, 4.69) is 36.8 Å². The molecule has 68 valence electrons. The molecule has 2 heteroatoms. The lowest BCUT2D eigenvalue weighted by Crippen LogP contribution is -2.32. The molecular weight excluding hydrogens is 160 g/mol. The van der Waals surface area contributed by atoms with Crippen LogP contribution in [0.25, 0.3) is 6.08 Å². The monoisotopic (exact) mass is 174 g/mol. The first-order valence-electron chi connectivity index (χ1n) is 4.58. The van der Waals surface area contributed by atoms with E-state index < -0.39 is 0 Å². The van der Waals surface area contributed by atoms with Gasteiger partial charge in [0, 0.05) is 23.2 Å². The number of hydrogen-bond acceptors (Lipinski definition) is 2. The van der Waals surface area contributed by atoms with Crippen molar-refractivity contribution in [2.75, 3.05) is 6.54 Å². The average Bonchev–Trinajstić information content (AvgIpc) is 2.48. The third kappa shape index (κ3) is 1.37. The number of hydrogen-bond donors (Lipinski definition) is 0. The molecule has 0 bridgehead atoms. The standard InChI is InChI=1S/C11H14N2/c1-11(2,3)9-7-12-6-8-4-5-13-10(8)9/h4,6-7H,5H2,1-3H3. The quantitative estimate of drug-likeness (QED) is 0.571. The molecule has 2 heterocycles. The fraction of sp³-hybridized carbons (Fsp3) is 0.455. The maximum Gasteiger partial charge on any atom is 0.0716 e. The van der Waals surface area contributed by atoms with E-state index in [1.807, 2.05) is 12.4 Å². The van der Waals surface area contributed by atoms with Crippen LogP contribution in [0.4, 0.5) is 0 Å². The molecule has 13 heavy (non-hydrogen) atoms. The van der Waals surface area contributed by atoms with Gasteiger partial charge in [-0.15, -0.1) is 0 Å². The summed E-state index contributed by atoms with van der Waals surface area (Å²) < 4.78 is 0. The van der Waals surface area contributed by atoms with Gasteiger partial charge in [-0.25, -0.2) is 0 Å². The Kier molecular flexibility index (Phi) is 1.72. The van der Waals surface area contributed by atoms with Crippen LogP contribution in [0.1, 0.15) is 26.3 Å².